The highest BCUT2D eigenvalue weighted by molar-refractivity contribution is 6.31. The summed E-state index contributed by atoms with van der Waals surface area (Å²) in [6.45, 7) is 13.9. The summed E-state index contributed by atoms with van der Waals surface area (Å²) < 4.78 is 12.0. The van der Waals surface area contributed by atoms with Gasteiger partial charge in [-0.25, -0.2) is 4.79 Å². The molecule has 3 atom stereocenters. The molecule has 1 aliphatic heterocycles. The SMILES string of the molecule is CC1(C)C(NC(=O)c2ccc(CCCCCCOCC(=O)N[C@H](C(=O)N3C[C@H](O)C[C@H]3C(=O)NCc3ccc(C(=O)O)cc3)C(C)(C)C)cc2)C(C)(C)C1Oc1ccc(C#N)c(Cl)c1. The molecule has 4 amide bonds. The molecule has 64 heavy (non-hydrogen) atoms. The monoisotopic (exact) mass is 899 g/mol. The second kappa shape index (κ2) is 21.0. The van der Waals surface area contributed by atoms with E-state index in [0.717, 1.165) is 37.7 Å². The normalized spacial score (nSPS) is 20.3. The number of rotatable bonds is 19. The van der Waals surface area contributed by atoms with Crippen LogP contribution < -0.4 is 20.7 Å². The number of nitrogens with zero attached hydrogens (tertiary/aromatic N) is 2. The van der Waals surface area contributed by atoms with E-state index >= 15 is 0 Å². The third-order valence-electron chi connectivity index (χ3n) is 12.3. The first-order valence-electron chi connectivity index (χ1n) is 21.8. The largest absolute Gasteiger partial charge is 0.489 e. The number of amides is 4. The Morgan fingerprint density at radius 3 is 2.14 bits per heavy atom. The fourth-order valence-corrected chi connectivity index (χ4v) is 9.29. The number of aryl methyl sites for hydroxylation is 1. The molecule has 5 rings (SSSR count). The lowest BCUT2D eigenvalue weighted by Crippen LogP contribution is -2.74. The molecule has 1 aliphatic carbocycles. The maximum atomic E-state index is 13.9. The number of aliphatic hydroxyl groups excluding tert-OH is 1. The van der Waals surface area contributed by atoms with Gasteiger partial charge in [0.25, 0.3) is 5.91 Å². The third kappa shape index (κ3) is 12.2. The molecule has 0 spiro atoms. The first kappa shape index (κ1) is 49.5. The summed E-state index contributed by atoms with van der Waals surface area (Å²) in [5.41, 5.74) is 1.44. The maximum absolute atomic E-state index is 13.9. The molecule has 14 nitrogen and oxygen atoms in total. The molecule has 1 saturated heterocycles. The topological polar surface area (TPSA) is 207 Å². The molecule has 2 aliphatic rings. The van der Waals surface area contributed by atoms with Crippen LogP contribution in [0.15, 0.2) is 66.7 Å². The molecule has 2 fully saturated rings. The molecule has 1 saturated carbocycles. The molecule has 1 heterocycles. The van der Waals surface area contributed by atoms with Crippen LogP contribution in [0.2, 0.25) is 5.02 Å². The summed E-state index contributed by atoms with van der Waals surface area (Å²) in [6.07, 6.45) is 3.34. The number of hydrogen-bond acceptors (Lipinski definition) is 9. The molecule has 0 radical (unpaired) electrons. The van der Waals surface area contributed by atoms with Crippen molar-refractivity contribution in [3.63, 3.8) is 0 Å². The number of β-amino-alcohol motifs (C(OH)–C–C–N with tert-alkyl or cyclic N) is 1. The number of nitrogens with one attached hydrogen (secondary N) is 3. The Bertz CT molecular complexity index is 2180. The van der Waals surface area contributed by atoms with Crippen molar-refractivity contribution in [1.82, 2.24) is 20.9 Å². The van der Waals surface area contributed by atoms with E-state index < -0.39 is 47.3 Å². The maximum Gasteiger partial charge on any atom is 0.335 e. The summed E-state index contributed by atoms with van der Waals surface area (Å²) in [4.78, 5) is 65.9. The second-order valence-corrected chi connectivity index (χ2v) is 19.6. The van der Waals surface area contributed by atoms with Gasteiger partial charge in [0.1, 0.15) is 36.6 Å². The summed E-state index contributed by atoms with van der Waals surface area (Å²) >= 11 is 6.23. The molecular weight excluding hydrogens is 838 g/mol. The Hall–Kier alpha value is -5.49. The van der Waals surface area contributed by atoms with Gasteiger partial charge in [0.15, 0.2) is 0 Å². The summed E-state index contributed by atoms with van der Waals surface area (Å²) in [7, 11) is 0. The van der Waals surface area contributed by atoms with Gasteiger partial charge >= 0.3 is 5.97 Å². The van der Waals surface area contributed by atoms with E-state index in [1.807, 2.05) is 45.0 Å². The van der Waals surface area contributed by atoms with E-state index in [9.17, 15) is 34.3 Å². The van der Waals surface area contributed by atoms with Gasteiger partial charge in [0, 0.05) is 54.6 Å². The molecule has 3 aromatic carbocycles. The second-order valence-electron chi connectivity index (χ2n) is 19.2. The molecular formula is C49H62ClN5O9. The van der Waals surface area contributed by atoms with Crippen molar-refractivity contribution < 1.29 is 43.7 Å². The number of carbonyl (C=O) groups is 5. The smallest absolute Gasteiger partial charge is 0.335 e. The number of carbonyl (C=O) groups excluding carboxylic acids is 4. The average molecular weight is 901 g/mol. The van der Waals surface area contributed by atoms with Gasteiger partial charge in [-0.05, 0) is 72.2 Å². The zero-order valence-corrected chi connectivity index (χ0v) is 38.6. The van der Waals surface area contributed by atoms with E-state index in [1.54, 1.807) is 30.3 Å². The van der Waals surface area contributed by atoms with Gasteiger partial charge in [-0.1, -0.05) is 97.2 Å². The van der Waals surface area contributed by atoms with Gasteiger partial charge in [-0.2, -0.15) is 5.26 Å². The Morgan fingerprint density at radius 2 is 1.53 bits per heavy atom. The van der Waals surface area contributed by atoms with E-state index in [0.29, 0.717) is 34.1 Å². The van der Waals surface area contributed by atoms with Crippen LogP contribution in [0.4, 0.5) is 0 Å². The van der Waals surface area contributed by atoms with Crippen molar-refractivity contribution >= 4 is 41.2 Å². The zero-order valence-electron chi connectivity index (χ0n) is 37.8. The third-order valence-corrected chi connectivity index (χ3v) is 12.6. The van der Waals surface area contributed by atoms with Crippen LogP contribution in [-0.4, -0.2) is 94.8 Å². The van der Waals surface area contributed by atoms with Crippen molar-refractivity contribution in [2.24, 2.45) is 16.2 Å². The zero-order chi connectivity index (χ0) is 47.0. The molecule has 0 unspecified atom stereocenters. The van der Waals surface area contributed by atoms with Crippen LogP contribution in [-0.2, 0) is 32.1 Å². The van der Waals surface area contributed by atoms with Crippen LogP contribution in [0.25, 0.3) is 0 Å². The Labute approximate surface area is 381 Å². The number of carboxylic acid groups (broad SMARTS) is 1. The molecule has 0 aromatic heterocycles. The Kier molecular flexibility index (Phi) is 16.3. The number of hydrogen-bond donors (Lipinski definition) is 5. The number of halogens is 1. The van der Waals surface area contributed by atoms with Crippen LogP contribution in [0.1, 0.15) is 118 Å². The van der Waals surface area contributed by atoms with Crippen LogP contribution in [0.5, 0.6) is 5.75 Å². The van der Waals surface area contributed by atoms with E-state index in [2.05, 4.69) is 49.7 Å². The first-order valence-corrected chi connectivity index (χ1v) is 22.2. The number of aliphatic hydroxyl groups is 1. The number of carboxylic acids is 1. The highest BCUT2D eigenvalue weighted by atomic mass is 35.5. The Morgan fingerprint density at radius 1 is 0.906 bits per heavy atom. The lowest BCUT2D eigenvalue weighted by molar-refractivity contribution is -0.164. The molecule has 15 heteroatoms. The lowest BCUT2D eigenvalue weighted by atomic mass is 9.49. The van der Waals surface area contributed by atoms with Crippen molar-refractivity contribution in [2.75, 3.05) is 19.8 Å². The lowest BCUT2D eigenvalue weighted by Gasteiger charge is -2.63. The van der Waals surface area contributed by atoms with E-state index in [4.69, 9.17) is 26.2 Å². The van der Waals surface area contributed by atoms with Gasteiger partial charge in [-0.3, -0.25) is 19.2 Å². The highest BCUT2D eigenvalue weighted by Crippen LogP contribution is 2.55. The van der Waals surface area contributed by atoms with Crippen molar-refractivity contribution in [1.29, 1.82) is 5.26 Å². The number of nitriles is 1. The van der Waals surface area contributed by atoms with Crippen LogP contribution in [0.3, 0.4) is 0 Å². The van der Waals surface area contributed by atoms with Gasteiger partial charge < -0.3 is 40.5 Å². The molecule has 5 N–H and O–H groups in total. The van der Waals surface area contributed by atoms with Crippen molar-refractivity contribution in [3.05, 3.63) is 99.6 Å². The van der Waals surface area contributed by atoms with Crippen LogP contribution in [0, 0.1) is 27.6 Å². The summed E-state index contributed by atoms with van der Waals surface area (Å²) in [5.74, 6) is -2.01. The van der Waals surface area contributed by atoms with Crippen LogP contribution >= 0.6 is 11.6 Å². The number of likely N-dealkylation sites (tertiary alicyclic amines) is 1. The predicted molar refractivity (Wildman–Crippen MR) is 242 cm³/mol. The van der Waals surface area contributed by atoms with Gasteiger partial charge in [0.05, 0.1) is 22.3 Å². The van der Waals surface area contributed by atoms with E-state index in [-0.39, 0.29) is 60.6 Å². The average Bonchev–Trinajstić information content (AvgIpc) is 3.65. The Balaban J connectivity index is 0.992. The molecule has 3 aromatic rings. The standard InChI is InChI=1S/C49H62ClN5O9/c1-47(2,3)40(43(60)55-28-35(56)24-38(55)42(59)52-27-31-15-19-33(20-16-31)44(61)62)53-39(57)29-63-23-11-9-8-10-12-30-13-17-32(18-14-30)41(58)54-45-48(4,5)46(49(45,6)7)64-36-22-21-34(26-51)37(50)25-36/h13-22,25,35,38,40,45-46,56H,8-12,23-24,27-29H2,1-7H3,(H,52,59)(H,53,57)(H,54,58)(H,61,62)/t35-,38+,40-,45?,46?/m1/s1. The number of ether oxygens (including phenoxy) is 2. The number of aromatic carboxylic acids is 1. The summed E-state index contributed by atoms with van der Waals surface area (Å²) in [5, 5.41) is 37.9. The van der Waals surface area contributed by atoms with Crippen molar-refractivity contribution in [2.45, 2.75) is 124 Å². The van der Waals surface area contributed by atoms with Crippen molar-refractivity contribution in [3.8, 4) is 11.8 Å². The minimum absolute atomic E-state index is 0.0473. The first-order chi connectivity index (χ1) is 30.1. The van der Waals surface area contributed by atoms with Gasteiger partial charge in [0.2, 0.25) is 17.7 Å². The predicted octanol–water partition coefficient (Wildman–Crippen LogP) is 6.45. The molecule has 344 valence electrons. The summed E-state index contributed by atoms with van der Waals surface area (Å²) in [6, 6.07) is 18.8. The van der Waals surface area contributed by atoms with Gasteiger partial charge in [-0.15, -0.1) is 0 Å². The minimum atomic E-state index is -1.06. The highest BCUT2D eigenvalue weighted by Gasteiger charge is 2.64. The fourth-order valence-electron chi connectivity index (χ4n) is 9.08. The fraction of sp³-hybridized carbons (Fsp3) is 0.510. The molecule has 0 bridgehead atoms. The minimum Gasteiger partial charge on any atom is -0.489 e. The van der Waals surface area contributed by atoms with E-state index in [1.165, 1.54) is 17.0 Å². The quantitative estimate of drug-likeness (QED) is 0.0832. The number of unbranched alkanes of at least 4 members (excludes halogenated alkanes) is 3. The number of benzene rings is 3.